The minimum Gasteiger partial charge on any atom is -0.306 e. The van der Waals surface area contributed by atoms with Crippen LogP contribution >= 0.6 is 11.8 Å². The topological polar surface area (TPSA) is 16.1 Å². The first kappa shape index (κ1) is 24.5. The molecule has 1 aliphatic heterocycles. The molecule has 1 aliphatic rings. The fourth-order valence-corrected chi connectivity index (χ4v) is 6.27. The third-order valence-corrected chi connectivity index (χ3v) is 8.21. The summed E-state index contributed by atoms with van der Waals surface area (Å²) in [4.78, 5) is 9.63. The Bertz CT molecular complexity index is 1820. The molecule has 7 rings (SSSR count). The van der Waals surface area contributed by atoms with Gasteiger partial charge in [-0.05, 0) is 59.7 Å². The molecule has 0 saturated carbocycles. The van der Waals surface area contributed by atoms with Crippen LogP contribution in [-0.2, 0) is 6.18 Å². The molecule has 5 aromatic carbocycles. The predicted octanol–water partition coefficient (Wildman–Crippen LogP) is 10.5. The lowest BCUT2D eigenvalue weighted by molar-refractivity contribution is -0.137. The number of benzene rings is 5. The van der Waals surface area contributed by atoms with Crippen LogP contribution in [0.15, 0.2) is 137 Å². The summed E-state index contributed by atoms with van der Waals surface area (Å²) in [5.74, 6) is 0. The van der Waals surface area contributed by atoms with E-state index in [1.807, 2.05) is 66.7 Å². The predicted molar refractivity (Wildman–Crippen MR) is 156 cm³/mol. The molecule has 40 heavy (non-hydrogen) atoms. The van der Waals surface area contributed by atoms with Crippen molar-refractivity contribution < 1.29 is 13.2 Å². The van der Waals surface area contributed by atoms with E-state index in [2.05, 4.69) is 41.3 Å². The largest absolute Gasteiger partial charge is 0.416 e. The maximum atomic E-state index is 13.3. The van der Waals surface area contributed by atoms with Gasteiger partial charge in [-0.3, -0.25) is 0 Å². The Hall–Kier alpha value is -4.55. The van der Waals surface area contributed by atoms with Gasteiger partial charge in [0.1, 0.15) is 0 Å². The molecule has 0 amide bonds. The number of fused-ring (bicyclic) bond motifs is 3. The van der Waals surface area contributed by atoms with Crippen molar-refractivity contribution >= 4 is 39.7 Å². The van der Waals surface area contributed by atoms with Crippen LogP contribution in [0.1, 0.15) is 5.56 Å². The summed E-state index contributed by atoms with van der Waals surface area (Å²) in [6.07, 6.45) is -4.40. The van der Waals surface area contributed by atoms with Gasteiger partial charge in [-0.2, -0.15) is 13.2 Å². The average molecular weight is 547 g/mol. The van der Waals surface area contributed by atoms with Crippen molar-refractivity contribution in [2.24, 2.45) is 0 Å². The number of halogens is 3. The van der Waals surface area contributed by atoms with Crippen LogP contribution in [0.2, 0.25) is 0 Å². The lowest BCUT2D eigenvalue weighted by atomic mass is 9.97. The highest BCUT2D eigenvalue weighted by atomic mass is 32.2. The van der Waals surface area contributed by atoms with E-state index in [1.54, 1.807) is 11.8 Å². The fraction of sp³-hybridized carbons (Fsp3) is 0.0294. The highest BCUT2D eigenvalue weighted by Gasteiger charge is 2.30. The molecule has 1 aromatic heterocycles. The van der Waals surface area contributed by atoms with Gasteiger partial charge in [0.2, 0.25) is 0 Å². The molecule has 0 unspecified atom stereocenters. The molecule has 0 N–H and O–H groups in total. The van der Waals surface area contributed by atoms with Crippen LogP contribution in [0.5, 0.6) is 0 Å². The Morgan fingerprint density at radius 3 is 1.82 bits per heavy atom. The second-order valence-corrected chi connectivity index (χ2v) is 10.6. The molecule has 2 heterocycles. The second kappa shape index (κ2) is 9.57. The molecule has 0 spiro atoms. The van der Waals surface area contributed by atoms with Gasteiger partial charge in [0.05, 0.1) is 33.8 Å². The lowest BCUT2D eigenvalue weighted by Crippen LogP contribution is -2.15. The van der Waals surface area contributed by atoms with Gasteiger partial charge in [-0.25, -0.2) is 4.98 Å². The van der Waals surface area contributed by atoms with Crippen LogP contribution in [-0.4, -0.2) is 4.98 Å². The molecular weight excluding hydrogens is 525 g/mol. The summed E-state index contributed by atoms with van der Waals surface area (Å²) in [6, 6.07) is 39.9. The molecule has 0 saturated heterocycles. The maximum absolute atomic E-state index is 13.3. The molecule has 0 fully saturated rings. The molecular formula is C34H21F3N2S. The minimum absolute atomic E-state index is 0.612. The number of hydrogen-bond donors (Lipinski definition) is 0. The van der Waals surface area contributed by atoms with Gasteiger partial charge in [0, 0.05) is 20.7 Å². The van der Waals surface area contributed by atoms with Crippen molar-refractivity contribution in [1.82, 2.24) is 4.98 Å². The first-order valence-corrected chi connectivity index (χ1v) is 13.6. The van der Waals surface area contributed by atoms with Crippen LogP contribution in [0, 0.1) is 0 Å². The summed E-state index contributed by atoms with van der Waals surface area (Å²) >= 11 is 1.74. The van der Waals surface area contributed by atoms with Crippen LogP contribution in [0.3, 0.4) is 0 Å². The summed E-state index contributed by atoms with van der Waals surface area (Å²) in [5, 5.41) is 0.965. The van der Waals surface area contributed by atoms with Crippen molar-refractivity contribution in [3.8, 4) is 22.4 Å². The molecule has 0 aliphatic carbocycles. The van der Waals surface area contributed by atoms with Gasteiger partial charge in [0.15, 0.2) is 0 Å². The smallest absolute Gasteiger partial charge is 0.306 e. The number of pyridine rings is 1. The normalized spacial score (nSPS) is 12.7. The standard InChI is InChI=1S/C34H21F3N2S/c35-34(36,37)24-19-17-23(18-20-24)27-21-26(22-9-2-1-3-10-22)25-11-8-14-30(33(25)38-27)39-28-12-4-6-15-31(28)40-32-16-7-5-13-29(32)39/h1-21H. The lowest BCUT2D eigenvalue weighted by Gasteiger charge is -2.33. The molecule has 0 radical (unpaired) electrons. The molecule has 2 nitrogen and oxygen atoms in total. The summed E-state index contributed by atoms with van der Waals surface area (Å²) in [5.41, 5.74) is 6.32. The quantitative estimate of drug-likeness (QED) is 0.219. The van der Waals surface area contributed by atoms with Crippen molar-refractivity contribution in [2.75, 3.05) is 4.90 Å². The number of rotatable bonds is 3. The Balaban J connectivity index is 1.51. The monoisotopic (exact) mass is 546 g/mol. The zero-order valence-corrected chi connectivity index (χ0v) is 21.9. The summed E-state index contributed by atoms with van der Waals surface area (Å²) in [6.45, 7) is 0. The van der Waals surface area contributed by atoms with Gasteiger partial charge < -0.3 is 4.90 Å². The van der Waals surface area contributed by atoms with Crippen molar-refractivity contribution in [2.45, 2.75) is 16.0 Å². The first-order valence-electron chi connectivity index (χ1n) is 12.8. The Morgan fingerprint density at radius 2 is 1.18 bits per heavy atom. The van der Waals surface area contributed by atoms with Gasteiger partial charge >= 0.3 is 6.18 Å². The van der Waals surface area contributed by atoms with E-state index in [-0.39, 0.29) is 0 Å². The average Bonchev–Trinajstić information content (AvgIpc) is 2.99. The van der Waals surface area contributed by atoms with Crippen LogP contribution in [0.25, 0.3) is 33.3 Å². The van der Waals surface area contributed by atoms with Crippen LogP contribution in [0.4, 0.5) is 30.2 Å². The van der Waals surface area contributed by atoms with Gasteiger partial charge in [0.25, 0.3) is 0 Å². The summed E-state index contributed by atoms with van der Waals surface area (Å²) in [7, 11) is 0. The number of hydrogen-bond acceptors (Lipinski definition) is 3. The van der Waals surface area contributed by atoms with Crippen LogP contribution < -0.4 is 4.90 Å². The first-order chi connectivity index (χ1) is 19.5. The number of nitrogens with zero attached hydrogens (tertiary/aromatic N) is 2. The fourth-order valence-electron chi connectivity index (χ4n) is 5.21. The van der Waals surface area contributed by atoms with E-state index in [1.165, 1.54) is 12.1 Å². The maximum Gasteiger partial charge on any atom is 0.416 e. The Morgan fingerprint density at radius 1 is 0.575 bits per heavy atom. The van der Waals surface area contributed by atoms with E-state index >= 15 is 0 Å². The van der Waals surface area contributed by atoms with Crippen molar-refractivity contribution in [3.63, 3.8) is 0 Å². The Labute approximate surface area is 233 Å². The van der Waals surface area contributed by atoms with Gasteiger partial charge in [-0.1, -0.05) is 90.6 Å². The molecule has 6 aromatic rings. The zero-order chi connectivity index (χ0) is 27.3. The molecule has 194 valence electrons. The molecule has 0 atom stereocenters. The third-order valence-electron chi connectivity index (χ3n) is 7.08. The SMILES string of the molecule is FC(F)(F)c1ccc(-c2cc(-c3ccccc3)c3cccc(N4c5ccccc5Sc5ccccc54)c3n2)cc1. The number of anilines is 3. The number of alkyl halides is 3. The number of para-hydroxylation sites is 3. The van der Waals surface area contributed by atoms with E-state index in [4.69, 9.17) is 4.98 Å². The third kappa shape index (κ3) is 4.21. The minimum atomic E-state index is -4.40. The molecule has 6 heteroatoms. The number of aromatic nitrogens is 1. The highest BCUT2D eigenvalue weighted by molar-refractivity contribution is 7.99. The van der Waals surface area contributed by atoms with E-state index in [0.29, 0.717) is 11.3 Å². The zero-order valence-electron chi connectivity index (χ0n) is 21.1. The van der Waals surface area contributed by atoms with Gasteiger partial charge in [-0.15, -0.1) is 0 Å². The van der Waals surface area contributed by atoms with Crippen molar-refractivity contribution in [1.29, 1.82) is 0 Å². The highest BCUT2D eigenvalue weighted by Crippen LogP contribution is 2.52. The molecule has 0 bridgehead atoms. The van der Waals surface area contributed by atoms with E-state index < -0.39 is 11.7 Å². The van der Waals surface area contributed by atoms with E-state index in [9.17, 15) is 13.2 Å². The Kier molecular flexibility index (Phi) is 5.86. The second-order valence-electron chi connectivity index (χ2n) is 9.54. The van der Waals surface area contributed by atoms with E-state index in [0.717, 1.165) is 61.0 Å². The van der Waals surface area contributed by atoms with Crippen molar-refractivity contribution in [3.05, 3.63) is 133 Å². The summed E-state index contributed by atoms with van der Waals surface area (Å²) < 4.78 is 39.9.